The highest BCUT2D eigenvalue weighted by atomic mass is 32.1. The van der Waals surface area contributed by atoms with Gasteiger partial charge in [0, 0.05) is 11.9 Å². The van der Waals surface area contributed by atoms with Crippen LogP contribution in [0.25, 0.3) is 0 Å². The number of hydrogen-bond acceptors (Lipinski definition) is 3. The molecule has 1 saturated heterocycles. The summed E-state index contributed by atoms with van der Waals surface area (Å²) in [6.07, 6.45) is 1.33. The smallest absolute Gasteiger partial charge is 0.326 e. The number of nitrogens with zero attached hydrogens (tertiary/aromatic N) is 1. The first kappa shape index (κ1) is 11.1. The summed E-state index contributed by atoms with van der Waals surface area (Å²) in [7, 11) is 0. The van der Waals surface area contributed by atoms with Crippen LogP contribution >= 0.6 is 11.3 Å². The zero-order chi connectivity index (χ0) is 11.7. The highest BCUT2D eigenvalue weighted by molar-refractivity contribution is 7.08. The molecule has 1 aromatic rings. The molecule has 0 aromatic carbocycles. The number of amides is 1. The summed E-state index contributed by atoms with van der Waals surface area (Å²) in [5.74, 6) is -1.05. The van der Waals surface area contributed by atoms with Crippen LogP contribution in [0.1, 0.15) is 28.8 Å². The molecule has 4 nitrogen and oxygen atoms in total. The van der Waals surface area contributed by atoms with E-state index in [4.69, 9.17) is 5.11 Å². The molecule has 1 N–H and O–H groups in total. The van der Waals surface area contributed by atoms with Crippen molar-refractivity contribution in [2.45, 2.75) is 25.8 Å². The maximum atomic E-state index is 12.1. The minimum Gasteiger partial charge on any atom is -0.480 e. The molecule has 16 heavy (non-hydrogen) atoms. The highest BCUT2D eigenvalue weighted by Crippen LogP contribution is 2.23. The molecule has 5 heteroatoms. The molecule has 0 unspecified atom stereocenters. The van der Waals surface area contributed by atoms with Gasteiger partial charge in [-0.2, -0.15) is 11.3 Å². The number of rotatable bonds is 2. The Bertz CT molecular complexity index is 427. The van der Waals surface area contributed by atoms with Gasteiger partial charge < -0.3 is 10.0 Å². The van der Waals surface area contributed by atoms with Crippen LogP contribution in [0, 0.1) is 6.92 Å². The van der Waals surface area contributed by atoms with Crippen molar-refractivity contribution in [2.24, 2.45) is 0 Å². The Labute approximate surface area is 97.5 Å². The Hall–Kier alpha value is -1.36. The quantitative estimate of drug-likeness (QED) is 0.855. The lowest BCUT2D eigenvalue weighted by Crippen LogP contribution is -2.40. The van der Waals surface area contributed by atoms with Crippen molar-refractivity contribution in [1.82, 2.24) is 4.90 Å². The molecule has 2 rings (SSSR count). The molecule has 86 valence electrons. The van der Waals surface area contributed by atoms with Crippen molar-refractivity contribution in [3.63, 3.8) is 0 Å². The second-order valence-corrected chi connectivity index (χ2v) is 4.71. The monoisotopic (exact) mass is 239 g/mol. The second kappa shape index (κ2) is 4.25. The van der Waals surface area contributed by atoms with Crippen LogP contribution in [-0.4, -0.2) is 34.5 Å². The third kappa shape index (κ3) is 1.82. The predicted molar refractivity (Wildman–Crippen MR) is 60.8 cm³/mol. The molecule has 0 aliphatic carbocycles. The molecular weight excluding hydrogens is 226 g/mol. The summed E-state index contributed by atoms with van der Waals surface area (Å²) in [6.45, 7) is 2.42. The average Bonchev–Trinajstić information content (AvgIpc) is 2.84. The van der Waals surface area contributed by atoms with Gasteiger partial charge in [0.15, 0.2) is 0 Å². The van der Waals surface area contributed by atoms with Crippen LogP contribution in [0.2, 0.25) is 0 Å². The first-order chi connectivity index (χ1) is 7.61. The minimum atomic E-state index is -0.904. The Morgan fingerprint density at radius 2 is 2.25 bits per heavy atom. The maximum Gasteiger partial charge on any atom is 0.326 e. The molecule has 1 aromatic heterocycles. The second-order valence-electron chi connectivity index (χ2n) is 3.96. The molecule has 2 heterocycles. The van der Waals surface area contributed by atoms with Gasteiger partial charge >= 0.3 is 5.97 Å². The van der Waals surface area contributed by atoms with Gasteiger partial charge in [0.1, 0.15) is 6.04 Å². The summed E-state index contributed by atoms with van der Waals surface area (Å²) < 4.78 is 0. The summed E-state index contributed by atoms with van der Waals surface area (Å²) >= 11 is 1.47. The third-order valence-electron chi connectivity index (χ3n) is 2.88. The lowest BCUT2D eigenvalue weighted by Gasteiger charge is -2.21. The molecule has 1 fully saturated rings. The van der Waals surface area contributed by atoms with E-state index in [-0.39, 0.29) is 5.91 Å². The van der Waals surface area contributed by atoms with E-state index in [0.29, 0.717) is 18.5 Å². The fourth-order valence-electron chi connectivity index (χ4n) is 2.00. The lowest BCUT2D eigenvalue weighted by molar-refractivity contribution is -0.141. The van der Waals surface area contributed by atoms with E-state index >= 15 is 0 Å². The number of carbonyl (C=O) groups is 2. The van der Waals surface area contributed by atoms with Crippen molar-refractivity contribution in [2.75, 3.05) is 6.54 Å². The SMILES string of the molecule is Cc1cscc1C(=O)N1CCC[C@@H]1C(=O)O. The number of likely N-dealkylation sites (tertiary alicyclic amines) is 1. The van der Waals surface area contributed by atoms with Crippen LogP contribution in [0.5, 0.6) is 0 Å². The highest BCUT2D eigenvalue weighted by Gasteiger charge is 2.34. The number of aryl methyl sites for hydroxylation is 1. The van der Waals surface area contributed by atoms with Gasteiger partial charge in [0.05, 0.1) is 5.56 Å². The fraction of sp³-hybridized carbons (Fsp3) is 0.455. The number of carboxylic acid groups (broad SMARTS) is 1. The maximum absolute atomic E-state index is 12.1. The van der Waals surface area contributed by atoms with Crippen LogP contribution in [-0.2, 0) is 4.79 Å². The van der Waals surface area contributed by atoms with E-state index in [1.54, 1.807) is 5.38 Å². The number of aliphatic carboxylic acids is 1. The van der Waals surface area contributed by atoms with Crippen LogP contribution in [0.4, 0.5) is 0 Å². The molecular formula is C11H13NO3S. The van der Waals surface area contributed by atoms with Crippen LogP contribution in [0.15, 0.2) is 10.8 Å². The largest absolute Gasteiger partial charge is 0.480 e. The molecule has 0 saturated carbocycles. The van der Waals surface area contributed by atoms with Crippen LogP contribution < -0.4 is 0 Å². The van der Waals surface area contributed by atoms with E-state index in [2.05, 4.69) is 0 Å². The van der Waals surface area contributed by atoms with Gasteiger partial charge in [0.25, 0.3) is 5.91 Å². The van der Waals surface area contributed by atoms with E-state index in [1.165, 1.54) is 16.2 Å². The van der Waals surface area contributed by atoms with Crippen LogP contribution in [0.3, 0.4) is 0 Å². The lowest BCUT2D eigenvalue weighted by atomic mass is 10.1. The molecule has 1 aliphatic heterocycles. The van der Waals surface area contributed by atoms with E-state index < -0.39 is 12.0 Å². The summed E-state index contributed by atoms with van der Waals surface area (Å²) in [4.78, 5) is 24.6. The Morgan fingerprint density at radius 1 is 1.50 bits per heavy atom. The zero-order valence-corrected chi connectivity index (χ0v) is 9.79. The number of carbonyl (C=O) groups excluding carboxylic acids is 1. The van der Waals surface area contributed by atoms with Crippen molar-refractivity contribution in [3.8, 4) is 0 Å². The standard InChI is InChI=1S/C11H13NO3S/c1-7-5-16-6-8(7)10(13)12-4-2-3-9(12)11(14)15/h5-6,9H,2-4H2,1H3,(H,14,15)/t9-/m1/s1. The molecule has 1 atom stereocenters. The first-order valence-corrected chi connectivity index (χ1v) is 6.12. The summed E-state index contributed by atoms with van der Waals surface area (Å²) in [5.41, 5.74) is 1.56. The number of carboxylic acids is 1. The van der Waals surface area contributed by atoms with Gasteiger partial charge in [-0.05, 0) is 30.7 Å². The molecule has 0 radical (unpaired) electrons. The van der Waals surface area contributed by atoms with Gasteiger partial charge in [-0.1, -0.05) is 0 Å². The average molecular weight is 239 g/mol. The van der Waals surface area contributed by atoms with Crippen molar-refractivity contribution >= 4 is 23.2 Å². The molecule has 1 amide bonds. The summed E-state index contributed by atoms with van der Waals surface area (Å²) in [6, 6.07) is -0.646. The minimum absolute atomic E-state index is 0.149. The summed E-state index contributed by atoms with van der Waals surface area (Å²) in [5, 5.41) is 12.7. The van der Waals surface area contributed by atoms with Crippen molar-refractivity contribution in [1.29, 1.82) is 0 Å². The molecule has 0 bridgehead atoms. The molecule has 1 aliphatic rings. The zero-order valence-electron chi connectivity index (χ0n) is 8.97. The van der Waals surface area contributed by atoms with Crippen molar-refractivity contribution in [3.05, 3.63) is 21.9 Å². The van der Waals surface area contributed by atoms with E-state index in [9.17, 15) is 9.59 Å². The van der Waals surface area contributed by atoms with Gasteiger partial charge in [-0.3, -0.25) is 4.79 Å². The Morgan fingerprint density at radius 3 is 2.81 bits per heavy atom. The van der Waals surface area contributed by atoms with Gasteiger partial charge in [-0.15, -0.1) is 0 Å². The number of thiophene rings is 1. The van der Waals surface area contributed by atoms with Crippen molar-refractivity contribution < 1.29 is 14.7 Å². The molecule has 0 spiro atoms. The first-order valence-electron chi connectivity index (χ1n) is 5.18. The van der Waals surface area contributed by atoms with Gasteiger partial charge in [-0.25, -0.2) is 4.79 Å². The van der Waals surface area contributed by atoms with E-state index in [0.717, 1.165) is 12.0 Å². The number of hydrogen-bond donors (Lipinski definition) is 1. The van der Waals surface area contributed by atoms with E-state index in [1.807, 2.05) is 12.3 Å². The Balaban J connectivity index is 2.22. The predicted octanol–water partition coefficient (Wildman–Crippen LogP) is 1.75. The Kier molecular flexibility index (Phi) is 2.96. The third-order valence-corrected chi connectivity index (χ3v) is 3.75. The normalized spacial score (nSPS) is 20.1. The fourth-order valence-corrected chi connectivity index (χ4v) is 2.82. The topological polar surface area (TPSA) is 57.6 Å². The van der Waals surface area contributed by atoms with Gasteiger partial charge in [0.2, 0.25) is 0 Å².